The highest BCUT2D eigenvalue weighted by Crippen LogP contribution is 2.30. The van der Waals surface area contributed by atoms with Crippen LogP contribution in [0.3, 0.4) is 0 Å². The van der Waals surface area contributed by atoms with Gasteiger partial charge in [0.1, 0.15) is 11.6 Å². The molecule has 0 aromatic carbocycles. The molecule has 6 nitrogen and oxygen atoms in total. The fraction of sp³-hybridized carbons (Fsp3) is 0.417. The number of halogens is 1. The summed E-state index contributed by atoms with van der Waals surface area (Å²) in [5.74, 6) is 1.34. The number of methoxy groups -OCH3 is 1. The predicted molar refractivity (Wildman–Crippen MR) is 73.8 cm³/mol. The Balaban J connectivity index is 2.09. The third kappa shape index (κ3) is 2.41. The van der Waals surface area contributed by atoms with Crippen molar-refractivity contribution in [2.24, 2.45) is 0 Å². The maximum Gasteiger partial charge on any atom is 0.224 e. The molecule has 100 valence electrons. The molecule has 0 saturated carbocycles. The average Bonchev–Trinajstić information content (AvgIpc) is 2.90. The molecule has 7 heteroatoms. The zero-order valence-corrected chi connectivity index (χ0v) is 11.2. The van der Waals surface area contributed by atoms with E-state index in [1.807, 2.05) is 0 Å². The van der Waals surface area contributed by atoms with Gasteiger partial charge in [-0.1, -0.05) is 0 Å². The molecule has 0 unspecified atom stereocenters. The third-order valence-electron chi connectivity index (χ3n) is 3.17. The maximum absolute atomic E-state index is 5.96. The lowest BCUT2D eigenvalue weighted by atomic mass is 10.2. The summed E-state index contributed by atoms with van der Waals surface area (Å²) in [5, 5.41) is 7.71. The highest BCUT2D eigenvalue weighted by molar-refractivity contribution is 6.28. The summed E-state index contributed by atoms with van der Waals surface area (Å²) in [5.41, 5.74) is 0.674. The van der Waals surface area contributed by atoms with E-state index in [0.717, 1.165) is 24.9 Å². The highest BCUT2D eigenvalue weighted by Gasteiger charge is 2.18. The largest absolute Gasteiger partial charge is 0.494 e. The van der Waals surface area contributed by atoms with Gasteiger partial charge in [-0.2, -0.15) is 4.98 Å². The van der Waals surface area contributed by atoms with Crippen LogP contribution >= 0.6 is 11.6 Å². The van der Waals surface area contributed by atoms with E-state index in [4.69, 9.17) is 16.3 Å². The molecule has 2 aromatic rings. The minimum absolute atomic E-state index is 0.205. The van der Waals surface area contributed by atoms with Gasteiger partial charge in [0.25, 0.3) is 0 Å². The van der Waals surface area contributed by atoms with Crippen molar-refractivity contribution in [3.05, 3.63) is 17.7 Å². The fourth-order valence-electron chi connectivity index (χ4n) is 2.26. The second-order valence-corrected chi connectivity index (χ2v) is 4.75. The summed E-state index contributed by atoms with van der Waals surface area (Å²) in [7, 11) is 1.60. The Bertz CT molecular complexity index is 600. The Hall–Kier alpha value is -1.66. The van der Waals surface area contributed by atoms with Crippen molar-refractivity contribution in [3.63, 3.8) is 0 Å². The summed E-state index contributed by atoms with van der Waals surface area (Å²) in [6.45, 7) is 1.92. The topological polar surface area (TPSA) is 72.0 Å². The normalized spacial score (nSPS) is 18.7. The molecule has 1 saturated heterocycles. The minimum Gasteiger partial charge on any atom is -0.494 e. The van der Waals surface area contributed by atoms with Crippen LogP contribution in [0.15, 0.2) is 12.4 Å². The van der Waals surface area contributed by atoms with Crippen molar-refractivity contribution >= 4 is 28.3 Å². The Morgan fingerprint density at radius 1 is 1.42 bits per heavy atom. The number of hydrogen-bond donors (Lipinski definition) is 2. The first-order chi connectivity index (χ1) is 9.28. The lowest BCUT2D eigenvalue weighted by Crippen LogP contribution is -2.23. The maximum atomic E-state index is 5.96. The van der Waals surface area contributed by atoms with E-state index in [2.05, 4.69) is 25.6 Å². The van der Waals surface area contributed by atoms with Crippen molar-refractivity contribution < 1.29 is 4.74 Å². The SMILES string of the molecule is COc1cncc2nc(Cl)nc(N[C@@H]3CCNC3)c12. The molecule has 1 fully saturated rings. The lowest BCUT2D eigenvalue weighted by molar-refractivity contribution is 0.418. The average molecular weight is 280 g/mol. The molecule has 3 rings (SSSR count). The van der Waals surface area contributed by atoms with E-state index < -0.39 is 0 Å². The van der Waals surface area contributed by atoms with Crippen LogP contribution in [-0.2, 0) is 0 Å². The van der Waals surface area contributed by atoms with E-state index in [0.29, 0.717) is 23.1 Å². The van der Waals surface area contributed by atoms with Gasteiger partial charge < -0.3 is 15.4 Å². The second-order valence-electron chi connectivity index (χ2n) is 4.41. The Kier molecular flexibility index (Phi) is 3.35. The van der Waals surface area contributed by atoms with Gasteiger partial charge in [0, 0.05) is 12.6 Å². The first kappa shape index (κ1) is 12.4. The molecule has 0 spiro atoms. The zero-order valence-electron chi connectivity index (χ0n) is 10.5. The van der Waals surface area contributed by atoms with E-state index in [-0.39, 0.29) is 5.28 Å². The Labute approximate surface area is 115 Å². The highest BCUT2D eigenvalue weighted by atomic mass is 35.5. The molecule has 2 aromatic heterocycles. The van der Waals surface area contributed by atoms with Gasteiger partial charge >= 0.3 is 0 Å². The van der Waals surface area contributed by atoms with Crippen LogP contribution in [0.2, 0.25) is 5.28 Å². The van der Waals surface area contributed by atoms with Crippen LogP contribution < -0.4 is 15.4 Å². The number of ether oxygens (including phenoxy) is 1. The standard InChI is InChI=1S/C12H14ClN5O/c1-19-9-6-15-5-8-10(9)11(18-12(13)17-8)16-7-2-3-14-4-7/h5-7,14H,2-4H2,1H3,(H,16,17,18)/t7-/m1/s1. The molecule has 2 N–H and O–H groups in total. The molecule has 0 amide bonds. The van der Waals surface area contributed by atoms with E-state index in [1.54, 1.807) is 19.5 Å². The van der Waals surface area contributed by atoms with Gasteiger partial charge in [-0.25, -0.2) is 4.98 Å². The molecule has 1 aliphatic heterocycles. The summed E-state index contributed by atoms with van der Waals surface area (Å²) in [6, 6.07) is 0.340. The van der Waals surface area contributed by atoms with Crippen molar-refractivity contribution in [2.45, 2.75) is 12.5 Å². The monoisotopic (exact) mass is 279 g/mol. The van der Waals surface area contributed by atoms with Crippen LogP contribution in [0, 0.1) is 0 Å². The summed E-state index contributed by atoms with van der Waals surface area (Å²) in [6.07, 6.45) is 4.36. The van der Waals surface area contributed by atoms with E-state index >= 15 is 0 Å². The first-order valence-electron chi connectivity index (χ1n) is 6.10. The minimum atomic E-state index is 0.205. The number of aromatic nitrogens is 3. The van der Waals surface area contributed by atoms with Gasteiger partial charge in [0.05, 0.1) is 30.4 Å². The number of anilines is 1. The summed E-state index contributed by atoms with van der Waals surface area (Å²) < 4.78 is 5.33. The van der Waals surface area contributed by atoms with Gasteiger partial charge in [-0.3, -0.25) is 4.98 Å². The zero-order chi connectivity index (χ0) is 13.2. The van der Waals surface area contributed by atoms with Crippen molar-refractivity contribution in [3.8, 4) is 5.75 Å². The molecular weight excluding hydrogens is 266 g/mol. The van der Waals surface area contributed by atoms with Crippen LogP contribution in [0.25, 0.3) is 10.9 Å². The number of rotatable bonds is 3. The van der Waals surface area contributed by atoms with E-state index in [1.165, 1.54) is 0 Å². The third-order valence-corrected chi connectivity index (χ3v) is 3.33. The van der Waals surface area contributed by atoms with Crippen LogP contribution in [0.4, 0.5) is 5.82 Å². The predicted octanol–water partition coefficient (Wildman–Crippen LogP) is 1.46. The van der Waals surface area contributed by atoms with E-state index in [9.17, 15) is 0 Å². The van der Waals surface area contributed by atoms with Crippen LogP contribution in [0.1, 0.15) is 6.42 Å². The van der Waals surface area contributed by atoms with Crippen molar-refractivity contribution in [1.29, 1.82) is 0 Å². The number of hydrogen-bond acceptors (Lipinski definition) is 6. The second kappa shape index (κ2) is 5.14. The van der Waals surface area contributed by atoms with Gasteiger partial charge in [-0.15, -0.1) is 0 Å². The Morgan fingerprint density at radius 3 is 3.05 bits per heavy atom. The molecule has 1 atom stereocenters. The van der Waals surface area contributed by atoms with Crippen molar-refractivity contribution in [1.82, 2.24) is 20.3 Å². The van der Waals surface area contributed by atoms with Crippen LogP contribution in [0.5, 0.6) is 5.75 Å². The number of nitrogens with zero attached hydrogens (tertiary/aromatic N) is 3. The molecular formula is C12H14ClN5O. The first-order valence-corrected chi connectivity index (χ1v) is 6.48. The summed E-state index contributed by atoms with van der Waals surface area (Å²) >= 11 is 5.96. The molecule has 0 radical (unpaired) electrons. The van der Waals surface area contributed by atoms with Crippen LogP contribution in [-0.4, -0.2) is 41.2 Å². The van der Waals surface area contributed by atoms with Gasteiger partial charge in [0.2, 0.25) is 5.28 Å². The lowest BCUT2D eigenvalue weighted by Gasteiger charge is -2.15. The van der Waals surface area contributed by atoms with Gasteiger partial charge in [-0.05, 0) is 24.6 Å². The molecule has 1 aliphatic rings. The molecule has 19 heavy (non-hydrogen) atoms. The Morgan fingerprint density at radius 2 is 2.32 bits per heavy atom. The fourth-order valence-corrected chi connectivity index (χ4v) is 2.43. The smallest absolute Gasteiger partial charge is 0.224 e. The molecule has 3 heterocycles. The molecule has 0 bridgehead atoms. The quantitative estimate of drug-likeness (QED) is 0.829. The molecule has 0 aliphatic carbocycles. The number of pyridine rings is 1. The summed E-state index contributed by atoms with van der Waals surface area (Å²) in [4.78, 5) is 12.5. The van der Waals surface area contributed by atoms with Gasteiger partial charge in [0.15, 0.2) is 0 Å². The number of nitrogens with one attached hydrogen (secondary N) is 2. The van der Waals surface area contributed by atoms with Crippen molar-refractivity contribution in [2.75, 3.05) is 25.5 Å². The number of fused-ring (bicyclic) bond motifs is 1.